The van der Waals surface area contributed by atoms with E-state index in [2.05, 4.69) is 15.5 Å². The monoisotopic (exact) mass is 267 g/mol. The zero-order valence-electron chi connectivity index (χ0n) is 11.4. The summed E-state index contributed by atoms with van der Waals surface area (Å²) >= 11 is 0. The van der Waals surface area contributed by atoms with Crippen molar-refractivity contribution in [1.82, 2.24) is 25.1 Å². The Labute approximate surface area is 112 Å². The van der Waals surface area contributed by atoms with E-state index in [4.69, 9.17) is 4.74 Å². The predicted octanol–water partition coefficient (Wildman–Crippen LogP) is 0.338. The van der Waals surface area contributed by atoms with Gasteiger partial charge in [-0.25, -0.2) is 4.68 Å². The van der Waals surface area contributed by atoms with Gasteiger partial charge >= 0.3 is 0 Å². The van der Waals surface area contributed by atoms with E-state index in [1.165, 1.54) is 17.4 Å². The number of aromatic nitrogens is 4. The number of likely N-dealkylation sites (tertiary alicyclic amines) is 1. The number of rotatable bonds is 6. The summed E-state index contributed by atoms with van der Waals surface area (Å²) in [7, 11) is 1.73. The lowest BCUT2D eigenvalue weighted by atomic mass is 9.93. The van der Waals surface area contributed by atoms with Gasteiger partial charge in [-0.05, 0) is 42.0 Å². The van der Waals surface area contributed by atoms with Gasteiger partial charge < -0.3 is 9.64 Å². The average molecular weight is 267 g/mol. The molecule has 0 N–H and O–H groups in total. The van der Waals surface area contributed by atoms with E-state index in [1.54, 1.807) is 7.11 Å². The Morgan fingerprint density at radius 1 is 1.53 bits per heavy atom. The van der Waals surface area contributed by atoms with Crippen molar-refractivity contribution in [1.29, 1.82) is 0 Å². The van der Waals surface area contributed by atoms with Gasteiger partial charge in [0.25, 0.3) is 0 Å². The molecule has 1 aliphatic rings. The first-order valence-electron chi connectivity index (χ1n) is 6.77. The van der Waals surface area contributed by atoms with Gasteiger partial charge in [0.1, 0.15) is 12.9 Å². The molecule has 1 amide bonds. The molecule has 19 heavy (non-hydrogen) atoms. The van der Waals surface area contributed by atoms with Crippen LogP contribution in [0.4, 0.5) is 0 Å². The number of piperidine rings is 1. The second-order valence-electron chi connectivity index (χ2n) is 4.99. The third-order valence-corrected chi connectivity index (χ3v) is 3.52. The highest BCUT2D eigenvalue weighted by Gasteiger charge is 2.23. The van der Waals surface area contributed by atoms with Crippen molar-refractivity contribution in [2.75, 3.05) is 26.8 Å². The molecule has 0 radical (unpaired) electrons. The van der Waals surface area contributed by atoms with Crippen LogP contribution in [0.15, 0.2) is 6.33 Å². The van der Waals surface area contributed by atoms with Crippen molar-refractivity contribution in [2.24, 2.45) is 5.92 Å². The lowest BCUT2D eigenvalue weighted by molar-refractivity contribution is -0.134. The van der Waals surface area contributed by atoms with Gasteiger partial charge in [-0.15, -0.1) is 5.10 Å². The molecular formula is C12H21N5O2. The quantitative estimate of drug-likeness (QED) is 0.695. The first-order chi connectivity index (χ1) is 9.29. The molecule has 1 fully saturated rings. The topological polar surface area (TPSA) is 73.1 Å². The first kappa shape index (κ1) is 13.9. The third-order valence-electron chi connectivity index (χ3n) is 3.52. The molecule has 0 spiro atoms. The maximum Gasteiger partial charge on any atom is 0.244 e. The van der Waals surface area contributed by atoms with Crippen LogP contribution >= 0.6 is 0 Å². The Morgan fingerprint density at radius 2 is 2.42 bits per heavy atom. The fourth-order valence-corrected chi connectivity index (χ4v) is 2.53. The Balaban J connectivity index is 1.78. The summed E-state index contributed by atoms with van der Waals surface area (Å²) in [5, 5.41) is 10.8. The van der Waals surface area contributed by atoms with Crippen LogP contribution in [0.25, 0.3) is 0 Å². The molecule has 0 saturated carbocycles. The number of methoxy groups -OCH3 is 1. The summed E-state index contributed by atoms with van der Waals surface area (Å²) in [6.07, 6.45) is 5.95. The fraction of sp³-hybridized carbons (Fsp3) is 0.833. The van der Waals surface area contributed by atoms with E-state index in [1.807, 2.05) is 4.90 Å². The highest BCUT2D eigenvalue weighted by molar-refractivity contribution is 5.75. The van der Waals surface area contributed by atoms with Crippen LogP contribution in [0.2, 0.25) is 0 Å². The van der Waals surface area contributed by atoms with Gasteiger partial charge in [0.05, 0.1) is 0 Å². The molecule has 1 saturated heterocycles. The number of ether oxygens (including phenoxy) is 1. The minimum atomic E-state index is 0.101. The van der Waals surface area contributed by atoms with Gasteiger partial charge in [0, 0.05) is 26.8 Å². The summed E-state index contributed by atoms with van der Waals surface area (Å²) < 4.78 is 6.54. The molecule has 2 heterocycles. The molecule has 106 valence electrons. The average Bonchev–Trinajstić information content (AvgIpc) is 2.92. The Kier molecular flexibility index (Phi) is 5.26. The van der Waals surface area contributed by atoms with Gasteiger partial charge in [-0.1, -0.05) is 0 Å². The Morgan fingerprint density at radius 3 is 3.16 bits per heavy atom. The molecule has 0 bridgehead atoms. The van der Waals surface area contributed by atoms with Crippen LogP contribution in [0.1, 0.15) is 25.7 Å². The molecule has 2 rings (SSSR count). The van der Waals surface area contributed by atoms with E-state index in [0.717, 1.165) is 39.0 Å². The Hall–Kier alpha value is -1.50. The largest absolute Gasteiger partial charge is 0.385 e. The van der Waals surface area contributed by atoms with E-state index in [0.29, 0.717) is 5.92 Å². The highest BCUT2D eigenvalue weighted by atomic mass is 16.5. The summed E-state index contributed by atoms with van der Waals surface area (Å²) in [6.45, 7) is 2.74. The SMILES string of the molecule is COCCCC1CCCN(C(=O)Cn2cnnn2)C1. The smallest absolute Gasteiger partial charge is 0.244 e. The number of amides is 1. The summed E-state index contributed by atoms with van der Waals surface area (Å²) in [5.74, 6) is 0.700. The van der Waals surface area contributed by atoms with Crippen molar-refractivity contribution >= 4 is 5.91 Å². The molecule has 1 atom stereocenters. The summed E-state index contributed by atoms with van der Waals surface area (Å²) in [6, 6.07) is 0. The minimum absolute atomic E-state index is 0.101. The van der Waals surface area contributed by atoms with Crippen molar-refractivity contribution in [3.63, 3.8) is 0 Å². The van der Waals surface area contributed by atoms with Crippen LogP contribution in [0, 0.1) is 5.92 Å². The van der Waals surface area contributed by atoms with E-state index >= 15 is 0 Å². The number of hydrogen-bond acceptors (Lipinski definition) is 5. The molecule has 0 aliphatic carbocycles. The number of nitrogens with zero attached hydrogens (tertiary/aromatic N) is 5. The highest BCUT2D eigenvalue weighted by Crippen LogP contribution is 2.21. The van der Waals surface area contributed by atoms with Gasteiger partial charge in [-0.3, -0.25) is 4.79 Å². The minimum Gasteiger partial charge on any atom is -0.385 e. The van der Waals surface area contributed by atoms with Crippen molar-refractivity contribution in [2.45, 2.75) is 32.2 Å². The molecule has 1 aromatic rings. The van der Waals surface area contributed by atoms with Crippen LogP contribution in [0.5, 0.6) is 0 Å². The molecule has 0 aromatic carbocycles. The van der Waals surface area contributed by atoms with Crippen LogP contribution in [-0.2, 0) is 16.1 Å². The lowest BCUT2D eigenvalue weighted by Gasteiger charge is -2.32. The summed E-state index contributed by atoms with van der Waals surface area (Å²) in [4.78, 5) is 14.1. The van der Waals surface area contributed by atoms with Crippen molar-refractivity contribution in [3.8, 4) is 0 Å². The van der Waals surface area contributed by atoms with Gasteiger partial charge in [0.2, 0.25) is 5.91 Å². The van der Waals surface area contributed by atoms with E-state index < -0.39 is 0 Å². The van der Waals surface area contributed by atoms with Crippen LogP contribution in [-0.4, -0.2) is 57.8 Å². The van der Waals surface area contributed by atoms with Gasteiger partial charge in [-0.2, -0.15) is 0 Å². The van der Waals surface area contributed by atoms with Crippen LogP contribution in [0.3, 0.4) is 0 Å². The maximum absolute atomic E-state index is 12.1. The van der Waals surface area contributed by atoms with E-state index in [-0.39, 0.29) is 12.5 Å². The fourth-order valence-electron chi connectivity index (χ4n) is 2.53. The van der Waals surface area contributed by atoms with Crippen molar-refractivity contribution < 1.29 is 9.53 Å². The molecule has 1 unspecified atom stereocenters. The predicted molar refractivity (Wildman–Crippen MR) is 68.2 cm³/mol. The number of tetrazole rings is 1. The third kappa shape index (κ3) is 4.27. The number of hydrogen-bond donors (Lipinski definition) is 0. The number of carbonyl (C=O) groups is 1. The number of carbonyl (C=O) groups excluding carboxylic acids is 1. The molecule has 7 heteroatoms. The normalized spacial score (nSPS) is 19.6. The maximum atomic E-state index is 12.1. The Bertz CT molecular complexity index is 381. The molecular weight excluding hydrogens is 246 g/mol. The first-order valence-corrected chi connectivity index (χ1v) is 6.77. The summed E-state index contributed by atoms with van der Waals surface area (Å²) in [5.41, 5.74) is 0. The van der Waals surface area contributed by atoms with Crippen molar-refractivity contribution in [3.05, 3.63) is 6.33 Å². The molecule has 1 aliphatic heterocycles. The second-order valence-corrected chi connectivity index (χ2v) is 4.99. The standard InChI is InChI=1S/C12H21N5O2/c1-19-7-3-5-11-4-2-6-16(8-11)12(18)9-17-10-13-14-15-17/h10-11H,2-9H2,1H3. The zero-order valence-corrected chi connectivity index (χ0v) is 11.4. The second kappa shape index (κ2) is 7.18. The lowest BCUT2D eigenvalue weighted by Crippen LogP contribution is -2.41. The molecule has 7 nitrogen and oxygen atoms in total. The van der Waals surface area contributed by atoms with Gasteiger partial charge in [0.15, 0.2) is 0 Å². The van der Waals surface area contributed by atoms with Crippen LogP contribution < -0.4 is 0 Å². The van der Waals surface area contributed by atoms with E-state index in [9.17, 15) is 4.79 Å². The molecule has 1 aromatic heterocycles. The zero-order chi connectivity index (χ0) is 13.5.